The first kappa shape index (κ1) is 12.3. The van der Waals surface area contributed by atoms with Crippen LogP contribution in [-0.2, 0) is 30.1 Å². The van der Waals surface area contributed by atoms with Crippen molar-refractivity contribution in [2.24, 2.45) is 0 Å². The Morgan fingerprint density at radius 2 is 1.50 bits per heavy atom. The molecule has 0 aromatic heterocycles. The molecular formula is C8H11MoO2P. The normalized spacial score (nSPS) is 9.58. The van der Waals surface area contributed by atoms with E-state index < -0.39 is 8.38 Å². The summed E-state index contributed by atoms with van der Waals surface area (Å²) >= 11 is 0. The Morgan fingerprint density at radius 3 is 1.92 bits per heavy atom. The molecule has 0 aliphatic carbocycles. The zero-order chi connectivity index (χ0) is 8.10. The van der Waals surface area contributed by atoms with E-state index in [0.29, 0.717) is 0 Å². The Kier molecular flexibility index (Phi) is 6.88. The Labute approximate surface area is 88.4 Å². The Morgan fingerprint density at radius 1 is 1.00 bits per heavy atom. The standard InChI is InChI=1S/C8H11O2P.Mo/c1-9-11(10-2)8-6-4-3-5-7-8;/h3-7H,1-2H3;. The van der Waals surface area contributed by atoms with Gasteiger partial charge in [0.2, 0.25) is 8.38 Å². The molecule has 66 valence electrons. The number of rotatable bonds is 3. The molecular weight excluding hydrogens is 255 g/mol. The summed E-state index contributed by atoms with van der Waals surface area (Å²) in [6.07, 6.45) is 0. The third kappa shape index (κ3) is 3.33. The molecule has 0 saturated carbocycles. The van der Waals surface area contributed by atoms with Gasteiger partial charge in [0, 0.05) is 40.6 Å². The monoisotopic (exact) mass is 268 g/mol. The van der Waals surface area contributed by atoms with Crippen LogP contribution < -0.4 is 5.30 Å². The van der Waals surface area contributed by atoms with Crippen LogP contribution in [0, 0.1) is 0 Å². The maximum absolute atomic E-state index is 5.13. The second kappa shape index (κ2) is 6.74. The number of hydrogen-bond donors (Lipinski definition) is 0. The van der Waals surface area contributed by atoms with Crippen LogP contribution in [0.3, 0.4) is 0 Å². The molecule has 1 rings (SSSR count). The van der Waals surface area contributed by atoms with Crippen LogP contribution >= 0.6 is 8.38 Å². The van der Waals surface area contributed by atoms with Gasteiger partial charge in [-0.3, -0.25) is 0 Å². The van der Waals surface area contributed by atoms with Gasteiger partial charge in [-0.1, -0.05) is 18.2 Å². The molecule has 2 nitrogen and oxygen atoms in total. The van der Waals surface area contributed by atoms with Crippen LogP contribution in [0.15, 0.2) is 30.3 Å². The predicted molar refractivity (Wildman–Crippen MR) is 47.0 cm³/mol. The summed E-state index contributed by atoms with van der Waals surface area (Å²) in [7, 11) is 2.46. The van der Waals surface area contributed by atoms with Gasteiger partial charge in [-0.2, -0.15) is 0 Å². The summed E-state index contributed by atoms with van der Waals surface area (Å²) < 4.78 is 10.3. The molecule has 0 aliphatic rings. The maximum Gasteiger partial charge on any atom is 0.204 e. The molecule has 0 heterocycles. The average Bonchev–Trinajstić information content (AvgIpc) is 2.09. The summed E-state index contributed by atoms with van der Waals surface area (Å²) in [4.78, 5) is 0. The van der Waals surface area contributed by atoms with Crippen molar-refractivity contribution < 1.29 is 30.1 Å². The van der Waals surface area contributed by atoms with Gasteiger partial charge in [0.1, 0.15) is 0 Å². The second-order valence-corrected chi connectivity index (χ2v) is 3.72. The first-order valence-corrected chi connectivity index (χ1v) is 4.49. The van der Waals surface area contributed by atoms with Crippen molar-refractivity contribution in [1.29, 1.82) is 0 Å². The summed E-state index contributed by atoms with van der Waals surface area (Å²) in [5, 5.41) is 1.10. The minimum atomic E-state index is -0.851. The third-order valence-corrected chi connectivity index (χ3v) is 2.68. The van der Waals surface area contributed by atoms with Crippen molar-refractivity contribution in [2.45, 2.75) is 0 Å². The molecule has 4 heteroatoms. The van der Waals surface area contributed by atoms with E-state index in [1.165, 1.54) is 0 Å². The quantitative estimate of drug-likeness (QED) is 0.614. The molecule has 0 unspecified atom stereocenters. The Balaban J connectivity index is 0.00000121. The smallest absolute Gasteiger partial charge is 0.204 e. The van der Waals surface area contributed by atoms with Crippen LogP contribution in [0.25, 0.3) is 0 Å². The molecule has 0 radical (unpaired) electrons. The minimum absolute atomic E-state index is 0. The van der Waals surface area contributed by atoms with Crippen molar-refractivity contribution in [1.82, 2.24) is 0 Å². The second-order valence-electron chi connectivity index (χ2n) is 1.96. The summed E-state index contributed by atoms with van der Waals surface area (Å²) in [5.74, 6) is 0. The van der Waals surface area contributed by atoms with Gasteiger partial charge in [0.05, 0.1) is 0 Å². The average molecular weight is 266 g/mol. The number of benzene rings is 1. The van der Waals surface area contributed by atoms with Gasteiger partial charge in [0.15, 0.2) is 0 Å². The molecule has 0 atom stereocenters. The van der Waals surface area contributed by atoms with Crippen LogP contribution in [0.5, 0.6) is 0 Å². The van der Waals surface area contributed by atoms with Crippen molar-refractivity contribution in [2.75, 3.05) is 14.2 Å². The summed E-state index contributed by atoms with van der Waals surface area (Å²) in [5.41, 5.74) is 0. The fraction of sp³-hybridized carbons (Fsp3) is 0.250. The molecule has 0 fully saturated rings. The van der Waals surface area contributed by atoms with Crippen LogP contribution in [0.4, 0.5) is 0 Å². The zero-order valence-electron chi connectivity index (χ0n) is 7.06. The van der Waals surface area contributed by atoms with Gasteiger partial charge < -0.3 is 9.05 Å². The van der Waals surface area contributed by atoms with E-state index in [4.69, 9.17) is 9.05 Å². The molecule has 0 bridgehead atoms. The van der Waals surface area contributed by atoms with E-state index in [2.05, 4.69) is 0 Å². The Hall–Kier alpha value is 0.258. The molecule has 12 heavy (non-hydrogen) atoms. The molecule has 1 aromatic rings. The fourth-order valence-electron chi connectivity index (χ4n) is 0.835. The van der Waals surface area contributed by atoms with Crippen LogP contribution in [-0.4, -0.2) is 14.2 Å². The van der Waals surface area contributed by atoms with Gasteiger partial charge in [-0.25, -0.2) is 0 Å². The summed E-state index contributed by atoms with van der Waals surface area (Å²) in [6.45, 7) is 0. The van der Waals surface area contributed by atoms with E-state index in [1.54, 1.807) is 14.2 Å². The molecule has 0 saturated heterocycles. The van der Waals surface area contributed by atoms with Crippen LogP contribution in [0.2, 0.25) is 0 Å². The maximum atomic E-state index is 5.13. The van der Waals surface area contributed by atoms with Crippen molar-refractivity contribution in [3.63, 3.8) is 0 Å². The topological polar surface area (TPSA) is 18.5 Å². The van der Waals surface area contributed by atoms with Gasteiger partial charge >= 0.3 is 0 Å². The fourth-order valence-corrected chi connectivity index (χ4v) is 1.82. The first-order chi connectivity index (χ1) is 5.38. The molecule has 0 N–H and O–H groups in total. The number of hydrogen-bond acceptors (Lipinski definition) is 2. The largest absolute Gasteiger partial charge is 0.334 e. The zero-order valence-corrected chi connectivity index (χ0v) is 9.96. The molecule has 0 aliphatic heterocycles. The van der Waals surface area contributed by atoms with Crippen molar-refractivity contribution in [3.8, 4) is 0 Å². The third-order valence-electron chi connectivity index (χ3n) is 1.30. The molecule has 1 aromatic carbocycles. The summed E-state index contributed by atoms with van der Waals surface area (Å²) in [6, 6.07) is 9.92. The van der Waals surface area contributed by atoms with Gasteiger partial charge in [-0.15, -0.1) is 0 Å². The van der Waals surface area contributed by atoms with Crippen LogP contribution in [0.1, 0.15) is 0 Å². The Bertz CT molecular complexity index is 201. The van der Waals surface area contributed by atoms with Gasteiger partial charge in [-0.05, 0) is 12.1 Å². The first-order valence-electron chi connectivity index (χ1n) is 3.32. The van der Waals surface area contributed by atoms with Gasteiger partial charge in [0.25, 0.3) is 0 Å². The molecule has 0 amide bonds. The van der Waals surface area contributed by atoms with E-state index in [1.807, 2.05) is 30.3 Å². The van der Waals surface area contributed by atoms with E-state index in [0.717, 1.165) is 5.30 Å². The van der Waals surface area contributed by atoms with E-state index >= 15 is 0 Å². The van der Waals surface area contributed by atoms with Crippen molar-refractivity contribution in [3.05, 3.63) is 30.3 Å². The van der Waals surface area contributed by atoms with E-state index in [9.17, 15) is 0 Å². The molecule has 0 spiro atoms. The SMILES string of the molecule is COP(OC)c1ccccc1.[Mo]. The minimum Gasteiger partial charge on any atom is -0.334 e. The van der Waals surface area contributed by atoms with Crippen molar-refractivity contribution >= 4 is 13.7 Å². The van der Waals surface area contributed by atoms with E-state index in [-0.39, 0.29) is 21.1 Å². The predicted octanol–water partition coefficient (Wildman–Crippen LogP) is 1.91.